The van der Waals surface area contributed by atoms with Crippen molar-refractivity contribution in [3.8, 4) is 0 Å². The van der Waals surface area contributed by atoms with Crippen molar-refractivity contribution in [3.05, 3.63) is 71.2 Å². The van der Waals surface area contributed by atoms with Gasteiger partial charge in [0.05, 0.1) is 10.5 Å². The normalized spacial score (nSPS) is 15.9. The molecule has 1 aliphatic heterocycles. The van der Waals surface area contributed by atoms with Crippen LogP contribution in [0.25, 0.3) is 5.76 Å². The number of ketones is 1. The highest BCUT2D eigenvalue weighted by atomic mass is 32.2. The first-order chi connectivity index (χ1) is 10.4. The molecule has 0 saturated heterocycles. The van der Waals surface area contributed by atoms with Gasteiger partial charge in [0.1, 0.15) is 11.5 Å². The van der Waals surface area contributed by atoms with Gasteiger partial charge >= 0.3 is 0 Å². The molecule has 7 heteroatoms. The Bertz CT molecular complexity index is 919. The highest BCUT2D eigenvalue weighted by molar-refractivity contribution is 7.89. The maximum Gasteiger partial charge on any atom is 0.262 e. The topological polar surface area (TPSA) is 83.5 Å². The number of hydrogen-bond donors (Lipinski definition) is 2. The van der Waals surface area contributed by atoms with E-state index in [0.717, 1.165) is 6.07 Å². The third kappa shape index (κ3) is 2.15. The molecule has 112 valence electrons. The van der Waals surface area contributed by atoms with Crippen LogP contribution in [0.5, 0.6) is 0 Å². The number of fused-ring (bicyclic) bond motifs is 1. The molecule has 0 atom stereocenters. The number of allylic oxidation sites excluding steroid dienone is 1. The average Bonchev–Trinajstić information content (AvgIpc) is 2.51. The van der Waals surface area contributed by atoms with E-state index in [4.69, 9.17) is 0 Å². The molecule has 0 saturated carbocycles. The predicted octanol–water partition coefficient (Wildman–Crippen LogP) is 2.23. The Morgan fingerprint density at radius 3 is 2.41 bits per heavy atom. The summed E-state index contributed by atoms with van der Waals surface area (Å²) in [4.78, 5) is 12.2. The Balaban J connectivity index is 2.20. The molecule has 0 unspecified atom stereocenters. The quantitative estimate of drug-likeness (QED) is 0.832. The summed E-state index contributed by atoms with van der Waals surface area (Å²) < 4.78 is 40.0. The van der Waals surface area contributed by atoms with Crippen molar-refractivity contribution in [2.24, 2.45) is 0 Å². The van der Waals surface area contributed by atoms with E-state index in [1.807, 2.05) is 4.72 Å². The summed E-state index contributed by atoms with van der Waals surface area (Å²) in [7, 11) is -4.00. The molecule has 2 aromatic carbocycles. The van der Waals surface area contributed by atoms with Crippen LogP contribution in [0.1, 0.15) is 15.9 Å². The highest BCUT2D eigenvalue weighted by Gasteiger charge is 2.33. The third-order valence-corrected chi connectivity index (χ3v) is 4.66. The lowest BCUT2D eigenvalue weighted by Gasteiger charge is -2.20. The molecule has 0 bridgehead atoms. The number of carbonyl (C=O) groups excluding carboxylic acids is 1. The third-order valence-electron chi connectivity index (χ3n) is 3.25. The second-order valence-electron chi connectivity index (χ2n) is 4.63. The number of hydrogen-bond acceptors (Lipinski definition) is 4. The summed E-state index contributed by atoms with van der Waals surface area (Å²) in [5, 5.41) is 10.2. The van der Waals surface area contributed by atoms with Gasteiger partial charge in [0.15, 0.2) is 5.76 Å². The summed E-state index contributed by atoms with van der Waals surface area (Å²) >= 11 is 0. The number of Topliss-reactive ketones (excluding diaryl/α,β-unsaturated/α-hetero) is 1. The average molecular weight is 319 g/mol. The largest absolute Gasteiger partial charge is 0.505 e. The van der Waals surface area contributed by atoms with Gasteiger partial charge in [-0.25, -0.2) is 12.8 Å². The van der Waals surface area contributed by atoms with Crippen molar-refractivity contribution >= 4 is 21.6 Å². The van der Waals surface area contributed by atoms with Crippen LogP contribution < -0.4 is 4.72 Å². The molecule has 0 amide bonds. The van der Waals surface area contributed by atoms with Crippen LogP contribution in [0.2, 0.25) is 0 Å². The lowest BCUT2D eigenvalue weighted by atomic mass is 10.0. The van der Waals surface area contributed by atoms with Gasteiger partial charge in [-0.1, -0.05) is 24.3 Å². The molecule has 2 aromatic rings. The van der Waals surface area contributed by atoms with Crippen molar-refractivity contribution in [1.29, 1.82) is 0 Å². The molecule has 5 nitrogen and oxygen atoms in total. The molecule has 1 aliphatic rings. The molecule has 2 N–H and O–H groups in total. The molecule has 0 radical (unpaired) electrons. The van der Waals surface area contributed by atoms with E-state index in [9.17, 15) is 22.7 Å². The van der Waals surface area contributed by atoms with Gasteiger partial charge in [-0.05, 0) is 24.3 Å². The number of nitrogens with one attached hydrogen (secondary N) is 1. The van der Waals surface area contributed by atoms with Crippen LogP contribution in [0.4, 0.5) is 4.39 Å². The lowest BCUT2D eigenvalue weighted by molar-refractivity contribution is 0.102. The number of sulfonamides is 1. The van der Waals surface area contributed by atoms with Gasteiger partial charge in [0.2, 0.25) is 5.78 Å². The highest BCUT2D eigenvalue weighted by Crippen LogP contribution is 2.30. The Labute approximate surface area is 125 Å². The minimum Gasteiger partial charge on any atom is -0.505 e. The van der Waals surface area contributed by atoms with Gasteiger partial charge in [-0.15, -0.1) is 0 Å². The summed E-state index contributed by atoms with van der Waals surface area (Å²) in [6.45, 7) is 0. The first-order valence-corrected chi connectivity index (χ1v) is 7.75. The fourth-order valence-electron chi connectivity index (χ4n) is 2.20. The minimum atomic E-state index is -4.00. The van der Waals surface area contributed by atoms with E-state index >= 15 is 0 Å². The van der Waals surface area contributed by atoms with E-state index < -0.39 is 33.1 Å². The first-order valence-electron chi connectivity index (χ1n) is 6.26. The first kappa shape index (κ1) is 14.3. The maximum absolute atomic E-state index is 13.7. The Morgan fingerprint density at radius 1 is 1.05 bits per heavy atom. The van der Waals surface area contributed by atoms with Crippen LogP contribution in [0.15, 0.2) is 59.1 Å². The summed E-state index contributed by atoms with van der Waals surface area (Å²) in [5.74, 6) is -2.27. The molecule has 0 aromatic heterocycles. The SMILES string of the molecule is O=C(C1=C(O)c2ccccc2S(=O)(=O)N1)c1ccccc1F. The van der Waals surface area contributed by atoms with Gasteiger partial charge in [-0.2, -0.15) is 0 Å². The number of benzene rings is 2. The lowest BCUT2D eigenvalue weighted by Crippen LogP contribution is -2.33. The van der Waals surface area contributed by atoms with Gasteiger partial charge in [0.25, 0.3) is 10.0 Å². The van der Waals surface area contributed by atoms with E-state index in [1.54, 1.807) is 0 Å². The zero-order valence-corrected chi connectivity index (χ0v) is 11.9. The van der Waals surface area contributed by atoms with Gasteiger partial charge < -0.3 is 5.11 Å². The fourth-order valence-corrected chi connectivity index (χ4v) is 3.48. The molecule has 0 fully saturated rings. The van der Waals surface area contributed by atoms with Crippen LogP contribution in [0, 0.1) is 5.82 Å². The zero-order valence-electron chi connectivity index (χ0n) is 11.1. The standard InChI is InChI=1S/C15H10FNO4S/c16-11-7-3-1-5-9(11)14(18)13-15(19)10-6-2-4-8-12(10)22(20,21)17-13/h1-8,17,19H. The van der Waals surface area contributed by atoms with Crippen molar-refractivity contribution in [2.45, 2.75) is 4.90 Å². The summed E-state index contributed by atoms with van der Waals surface area (Å²) in [5.41, 5.74) is -0.893. The Kier molecular flexibility index (Phi) is 3.22. The monoisotopic (exact) mass is 319 g/mol. The van der Waals surface area contributed by atoms with Gasteiger partial charge in [-0.3, -0.25) is 9.52 Å². The second kappa shape index (κ2) is 4.96. The van der Waals surface area contributed by atoms with Crippen LogP contribution in [-0.2, 0) is 10.0 Å². The van der Waals surface area contributed by atoms with E-state index in [0.29, 0.717) is 0 Å². The van der Waals surface area contributed by atoms with Crippen LogP contribution in [0.3, 0.4) is 0 Å². The Hall–Kier alpha value is -2.67. The number of carbonyl (C=O) groups is 1. The van der Waals surface area contributed by atoms with Gasteiger partial charge in [0, 0.05) is 5.56 Å². The smallest absolute Gasteiger partial charge is 0.262 e. The predicted molar refractivity (Wildman–Crippen MR) is 77.0 cm³/mol. The van der Waals surface area contributed by atoms with E-state index in [1.165, 1.54) is 42.5 Å². The van der Waals surface area contributed by atoms with Crippen LogP contribution in [-0.4, -0.2) is 19.3 Å². The fraction of sp³-hybridized carbons (Fsp3) is 0. The maximum atomic E-state index is 13.7. The van der Waals surface area contributed by atoms with E-state index in [2.05, 4.69) is 0 Å². The Morgan fingerprint density at radius 2 is 1.68 bits per heavy atom. The summed E-state index contributed by atoms with van der Waals surface area (Å²) in [6, 6.07) is 10.8. The number of halogens is 1. The number of aliphatic hydroxyl groups excluding tert-OH is 1. The molecular formula is C15H10FNO4S. The van der Waals surface area contributed by atoms with Crippen LogP contribution >= 0.6 is 0 Å². The van der Waals surface area contributed by atoms with Crippen molar-refractivity contribution in [3.63, 3.8) is 0 Å². The molecular weight excluding hydrogens is 309 g/mol. The van der Waals surface area contributed by atoms with Crippen molar-refractivity contribution < 1.29 is 22.7 Å². The zero-order chi connectivity index (χ0) is 15.9. The van der Waals surface area contributed by atoms with Crippen molar-refractivity contribution in [2.75, 3.05) is 0 Å². The molecule has 1 heterocycles. The molecule has 0 aliphatic carbocycles. The van der Waals surface area contributed by atoms with Crippen molar-refractivity contribution in [1.82, 2.24) is 4.72 Å². The summed E-state index contributed by atoms with van der Waals surface area (Å²) in [6.07, 6.45) is 0. The molecule has 22 heavy (non-hydrogen) atoms. The minimum absolute atomic E-state index is 0.000870. The number of aliphatic hydroxyl groups is 1. The van der Waals surface area contributed by atoms with E-state index in [-0.39, 0.29) is 16.0 Å². The molecule has 3 rings (SSSR count). The second-order valence-corrected chi connectivity index (χ2v) is 6.29. The molecule has 0 spiro atoms. The number of rotatable bonds is 2.